The van der Waals surface area contributed by atoms with Crippen LogP contribution in [0.1, 0.15) is 16.1 Å². The Bertz CT molecular complexity index is 797. The second-order valence-corrected chi connectivity index (χ2v) is 4.49. The molecular weight excluding hydrogens is 262 g/mol. The second-order valence-electron chi connectivity index (χ2n) is 4.49. The monoisotopic (exact) mass is 275 g/mol. The van der Waals surface area contributed by atoms with Crippen molar-refractivity contribution in [3.63, 3.8) is 0 Å². The van der Waals surface area contributed by atoms with Gasteiger partial charge in [0.15, 0.2) is 0 Å². The molecule has 0 fully saturated rings. The Morgan fingerprint density at radius 1 is 0.952 bits per heavy atom. The third kappa shape index (κ3) is 3.12. The van der Waals surface area contributed by atoms with Crippen LogP contribution in [0.3, 0.4) is 0 Å². The minimum Gasteiger partial charge on any atom is -0.267 e. The summed E-state index contributed by atoms with van der Waals surface area (Å²) in [6.45, 7) is 0. The van der Waals surface area contributed by atoms with Crippen molar-refractivity contribution in [2.45, 2.75) is 0 Å². The summed E-state index contributed by atoms with van der Waals surface area (Å²) < 4.78 is 0. The Labute approximate surface area is 122 Å². The van der Waals surface area contributed by atoms with Crippen LogP contribution in [-0.2, 0) is 0 Å². The van der Waals surface area contributed by atoms with Crippen molar-refractivity contribution >= 4 is 23.0 Å². The molecule has 0 aliphatic rings. The number of hydrogen-bond donors (Lipinski definition) is 1. The lowest BCUT2D eigenvalue weighted by Gasteiger charge is -2.00. The summed E-state index contributed by atoms with van der Waals surface area (Å²) in [6.07, 6.45) is 1.54. The number of pyridine rings is 1. The molecule has 1 N–H and O–H groups in total. The van der Waals surface area contributed by atoms with Gasteiger partial charge in [-0.05, 0) is 24.3 Å². The first kappa shape index (κ1) is 13.0. The number of hydrazone groups is 1. The number of carbonyl (C=O) groups excluding carboxylic acids is 1. The number of fused-ring (bicyclic) bond motifs is 1. The van der Waals surface area contributed by atoms with Gasteiger partial charge in [-0.2, -0.15) is 5.10 Å². The molecule has 1 heterocycles. The molecule has 21 heavy (non-hydrogen) atoms. The molecule has 102 valence electrons. The average molecular weight is 275 g/mol. The van der Waals surface area contributed by atoms with E-state index >= 15 is 0 Å². The van der Waals surface area contributed by atoms with Crippen molar-refractivity contribution in [1.29, 1.82) is 0 Å². The second kappa shape index (κ2) is 5.96. The average Bonchev–Trinajstić information content (AvgIpc) is 2.55. The normalized spacial score (nSPS) is 10.9. The maximum absolute atomic E-state index is 11.8. The molecule has 0 saturated carbocycles. The molecule has 0 radical (unpaired) electrons. The lowest BCUT2D eigenvalue weighted by atomic mass is 10.2. The molecule has 1 aromatic heterocycles. The van der Waals surface area contributed by atoms with E-state index in [1.807, 2.05) is 54.6 Å². The molecule has 0 atom stereocenters. The number of para-hydroxylation sites is 1. The highest BCUT2D eigenvalue weighted by atomic mass is 16.2. The van der Waals surface area contributed by atoms with Crippen molar-refractivity contribution in [2.24, 2.45) is 5.10 Å². The van der Waals surface area contributed by atoms with E-state index in [1.54, 1.807) is 12.1 Å². The molecule has 3 aromatic rings. The zero-order valence-corrected chi connectivity index (χ0v) is 11.2. The number of nitrogens with one attached hydrogen (secondary N) is 1. The van der Waals surface area contributed by atoms with Gasteiger partial charge in [-0.15, -0.1) is 0 Å². The summed E-state index contributed by atoms with van der Waals surface area (Å²) in [5.74, 6) is -0.243. The highest BCUT2D eigenvalue weighted by Crippen LogP contribution is 2.10. The zero-order valence-electron chi connectivity index (χ0n) is 11.2. The lowest BCUT2D eigenvalue weighted by molar-refractivity contribution is 0.0955. The number of aromatic nitrogens is 1. The Morgan fingerprint density at radius 3 is 2.57 bits per heavy atom. The Hall–Kier alpha value is -3.01. The molecule has 4 nitrogen and oxygen atoms in total. The van der Waals surface area contributed by atoms with Gasteiger partial charge in [-0.1, -0.05) is 42.5 Å². The zero-order chi connectivity index (χ0) is 14.5. The van der Waals surface area contributed by atoms with E-state index < -0.39 is 0 Å². The summed E-state index contributed by atoms with van der Waals surface area (Å²) >= 11 is 0. The summed E-state index contributed by atoms with van der Waals surface area (Å²) in [5.41, 5.74) is 4.65. The fourth-order valence-electron chi connectivity index (χ4n) is 1.96. The van der Waals surface area contributed by atoms with E-state index in [1.165, 1.54) is 6.21 Å². The number of rotatable bonds is 3. The maximum atomic E-state index is 11.8. The van der Waals surface area contributed by atoms with Gasteiger partial charge in [0.25, 0.3) is 5.91 Å². The van der Waals surface area contributed by atoms with Gasteiger partial charge in [0.05, 0.1) is 17.4 Å². The van der Waals surface area contributed by atoms with E-state index in [0.717, 1.165) is 10.9 Å². The van der Waals surface area contributed by atoms with E-state index in [-0.39, 0.29) is 5.91 Å². The maximum Gasteiger partial charge on any atom is 0.271 e. The Kier molecular flexibility index (Phi) is 3.69. The van der Waals surface area contributed by atoms with Gasteiger partial charge in [0.1, 0.15) is 0 Å². The van der Waals surface area contributed by atoms with Gasteiger partial charge >= 0.3 is 0 Å². The van der Waals surface area contributed by atoms with E-state index in [0.29, 0.717) is 11.3 Å². The van der Waals surface area contributed by atoms with E-state index in [4.69, 9.17) is 0 Å². The van der Waals surface area contributed by atoms with Crippen LogP contribution in [0.15, 0.2) is 71.8 Å². The molecule has 0 unspecified atom stereocenters. The van der Waals surface area contributed by atoms with Crippen LogP contribution in [0.5, 0.6) is 0 Å². The highest BCUT2D eigenvalue weighted by molar-refractivity contribution is 5.94. The third-order valence-corrected chi connectivity index (χ3v) is 3.02. The van der Waals surface area contributed by atoms with Crippen LogP contribution in [-0.4, -0.2) is 17.1 Å². The summed E-state index contributed by atoms with van der Waals surface area (Å²) in [4.78, 5) is 16.2. The quantitative estimate of drug-likeness (QED) is 0.590. The first-order valence-electron chi connectivity index (χ1n) is 6.57. The standard InChI is InChI=1S/C17H13N3O/c21-17(14-7-2-1-3-8-14)20-18-12-15-11-10-13-6-4-5-9-16(13)19-15/h1-12H,(H,20,21)/b18-12+. The van der Waals surface area contributed by atoms with Crippen LogP contribution in [0.2, 0.25) is 0 Å². The van der Waals surface area contributed by atoms with Crippen molar-refractivity contribution in [3.05, 3.63) is 78.0 Å². The van der Waals surface area contributed by atoms with Crippen LogP contribution in [0.4, 0.5) is 0 Å². The van der Waals surface area contributed by atoms with E-state index in [2.05, 4.69) is 15.5 Å². The van der Waals surface area contributed by atoms with Gasteiger partial charge in [-0.3, -0.25) is 4.79 Å². The van der Waals surface area contributed by atoms with Gasteiger partial charge in [-0.25, -0.2) is 10.4 Å². The number of amides is 1. The molecule has 1 amide bonds. The number of benzene rings is 2. The third-order valence-electron chi connectivity index (χ3n) is 3.02. The van der Waals surface area contributed by atoms with E-state index in [9.17, 15) is 4.79 Å². The molecule has 4 heteroatoms. The smallest absolute Gasteiger partial charge is 0.267 e. The first-order valence-corrected chi connectivity index (χ1v) is 6.57. The SMILES string of the molecule is O=C(N/N=C/c1ccc2ccccc2n1)c1ccccc1. The predicted octanol–water partition coefficient (Wildman–Crippen LogP) is 3.00. The minimum absolute atomic E-state index is 0.243. The number of nitrogens with zero attached hydrogens (tertiary/aromatic N) is 2. The Morgan fingerprint density at radius 2 is 1.71 bits per heavy atom. The fourth-order valence-corrected chi connectivity index (χ4v) is 1.96. The molecule has 0 bridgehead atoms. The molecule has 0 aliphatic carbocycles. The topological polar surface area (TPSA) is 54.4 Å². The van der Waals surface area contributed by atoms with Crippen molar-refractivity contribution < 1.29 is 4.79 Å². The molecule has 0 saturated heterocycles. The van der Waals surface area contributed by atoms with Crippen LogP contribution < -0.4 is 5.43 Å². The van der Waals surface area contributed by atoms with Crippen molar-refractivity contribution in [2.75, 3.05) is 0 Å². The predicted molar refractivity (Wildman–Crippen MR) is 83.2 cm³/mol. The molecule has 0 aliphatic heterocycles. The summed E-state index contributed by atoms with van der Waals surface area (Å²) in [7, 11) is 0. The van der Waals surface area contributed by atoms with Gasteiger partial charge in [0.2, 0.25) is 0 Å². The van der Waals surface area contributed by atoms with Gasteiger partial charge < -0.3 is 0 Å². The molecule has 0 spiro atoms. The molecule has 2 aromatic carbocycles. The molecular formula is C17H13N3O. The lowest BCUT2D eigenvalue weighted by Crippen LogP contribution is -2.17. The fraction of sp³-hybridized carbons (Fsp3) is 0. The summed E-state index contributed by atoms with van der Waals surface area (Å²) in [5, 5.41) is 5.01. The largest absolute Gasteiger partial charge is 0.271 e. The first-order chi connectivity index (χ1) is 10.3. The highest BCUT2D eigenvalue weighted by Gasteiger charge is 2.01. The number of hydrogen-bond acceptors (Lipinski definition) is 3. The van der Waals surface area contributed by atoms with Crippen LogP contribution in [0, 0.1) is 0 Å². The van der Waals surface area contributed by atoms with Gasteiger partial charge in [0, 0.05) is 10.9 Å². The van der Waals surface area contributed by atoms with Crippen LogP contribution >= 0.6 is 0 Å². The minimum atomic E-state index is -0.243. The van der Waals surface area contributed by atoms with Crippen LogP contribution in [0.25, 0.3) is 10.9 Å². The summed E-state index contributed by atoms with van der Waals surface area (Å²) in [6, 6.07) is 20.6. The van der Waals surface area contributed by atoms with Crippen molar-refractivity contribution in [1.82, 2.24) is 10.4 Å². The van der Waals surface area contributed by atoms with Crippen molar-refractivity contribution in [3.8, 4) is 0 Å². The molecule has 3 rings (SSSR count). The Balaban J connectivity index is 1.71. The number of carbonyl (C=O) groups is 1.